The minimum absolute atomic E-state index is 0.0169. The molecular weight excluding hydrogens is 462 g/mol. The van der Waals surface area contributed by atoms with Crippen LogP contribution in [-0.2, 0) is 14.8 Å². The molecule has 172 valence electrons. The molecule has 0 aliphatic carbocycles. The van der Waals surface area contributed by atoms with Crippen LogP contribution in [0.15, 0.2) is 59.5 Å². The molecule has 3 aromatic carbocycles. The van der Waals surface area contributed by atoms with Gasteiger partial charge in [0.25, 0.3) is 15.9 Å². The molecule has 0 radical (unpaired) electrons. The van der Waals surface area contributed by atoms with Crippen LogP contribution in [0.4, 0.5) is 17.1 Å². The fourth-order valence-corrected chi connectivity index (χ4v) is 4.41. The van der Waals surface area contributed by atoms with E-state index in [1.54, 1.807) is 37.3 Å². The molecule has 0 unspecified atom stereocenters. The Kier molecular flexibility index (Phi) is 7.09. The van der Waals surface area contributed by atoms with Crippen LogP contribution in [0.2, 0.25) is 5.02 Å². The number of carbonyl (C=O) groups is 2. The number of rotatable bonds is 6. The van der Waals surface area contributed by atoms with Gasteiger partial charge in [-0.2, -0.15) is 0 Å². The lowest BCUT2D eigenvalue weighted by atomic mass is 10.1. The molecule has 9 heteroatoms. The molecule has 0 spiro atoms. The highest BCUT2D eigenvalue weighted by molar-refractivity contribution is 7.92. The molecule has 33 heavy (non-hydrogen) atoms. The van der Waals surface area contributed by atoms with Crippen molar-refractivity contribution in [1.82, 2.24) is 0 Å². The average Bonchev–Trinajstić information content (AvgIpc) is 2.72. The van der Waals surface area contributed by atoms with Gasteiger partial charge in [0.2, 0.25) is 5.91 Å². The van der Waals surface area contributed by atoms with Gasteiger partial charge in [-0.1, -0.05) is 17.7 Å². The van der Waals surface area contributed by atoms with Gasteiger partial charge in [-0.05, 0) is 86.0 Å². The van der Waals surface area contributed by atoms with Gasteiger partial charge in [-0.3, -0.25) is 14.3 Å². The quantitative estimate of drug-likeness (QED) is 0.442. The summed E-state index contributed by atoms with van der Waals surface area (Å²) in [5, 5.41) is 5.52. The van der Waals surface area contributed by atoms with E-state index in [0.29, 0.717) is 17.1 Å². The van der Waals surface area contributed by atoms with Crippen molar-refractivity contribution in [2.24, 2.45) is 0 Å². The molecule has 3 N–H and O–H groups in total. The van der Waals surface area contributed by atoms with Gasteiger partial charge in [0, 0.05) is 24.0 Å². The molecule has 0 saturated heterocycles. The first-order chi connectivity index (χ1) is 15.5. The molecule has 0 aromatic heterocycles. The Morgan fingerprint density at radius 3 is 2.09 bits per heavy atom. The zero-order valence-corrected chi connectivity index (χ0v) is 20.2. The van der Waals surface area contributed by atoms with E-state index in [9.17, 15) is 18.0 Å². The molecule has 0 fully saturated rings. The smallest absolute Gasteiger partial charge is 0.261 e. The van der Waals surface area contributed by atoms with Gasteiger partial charge in [0.15, 0.2) is 0 Å². The number of halogens is 1. The third-order valence-electron chi connectivity index (χ3n) is 5.05. The number of sulfonamides is 1. The Balaban J connectivity index is 1.84. The highest BCUT2D eigenvalue weighted by Gasteiger charge is 2.19. The number of anilines is 3. The fraction of sp³-hybridized carbons (Fsp3) is 0.167. The first-order valence-electron chi connectivity index (χ1n) is 10.1. The van der Waals surface area contributed by atoms with Crippen molar-refractivity contribution in [2.45, 2.75) is 32.6 Å². The van der Waals surface area contributed by atoms with Crippen LogP contribution >= 0.6 is 11.6 Å². The van der Waals surface area contributed by atoms with E-state index < -0.39 is 15.9 Å². The second-order valence-corrected chi connectivity index (χ2v) is 9.80. The summed E-state index contributed by atoms with van der Waals surface area (Å²) in [7, 11) is -3.94. The average molecular weight is 486 g/mol. The SMILES string of the molecule is CC(=O)Nc1ccc(NC(=O)c2cc(S(=O)(=O)Nc3ccc(C)c(C)c3)ccc2Cl)cc1C. The van der Waals surface area contributed by atoms with E-state index in [1.807, 2.05) is 19.9 Å². The Hall–Kier alpha value is -3.36. The van der Waals surface area contributed by atoms with Crippen molar-refractivity contribution < 1.29 is 18.0 Å². The van der Waals surface area contributed by atoms with Gasteiger partial charge >= 0.3 is 0 Å². The Bertz CT molecular complexity index is 1350. The van der Waals surface area contributed by atoms with Crippen LogP contribution in [0.25, 0.3) is 0 Å². The molecule has 0 atom stereocenters. The number of aryl methyl sites for hydroxylation is 3. The largest absolute Gasteiger partial charge is 0.326 e. The van der Waals surface area contributed by atoms with E-state index in [2.05, 4.69) is 15.4 Å². The van der Waals surface area contributed by atoms with Crippen LogP contribution in [0, 0.1) is 20.8 Å². The van der Waals surface area contributed by atoms with E-state index in [-0.39, 0.29) is 21.4 Å². The Labute approximate surface area is 198 Å². The number of hydrogen-bond donors (Lipinski definition) is 3. The van der Waals surface area contributed by atoms with Crippen molar-refractivity contribution in [3.8, 4) is 0 Å². The summed E-state index contributed by atoms with van der Waals surface area (Å²) in [6.45, 7) is 7.03. The number of hydrogen-bond acceptors (Lipinski definition) is 4. The maximum absolute atomic E-state index is 12.9. The normalized spacial score (nSPS) is 11.1. The standard InChI is InChI=1S/C24H24ClN3O4S/c1-14-5-6-19(11-15(14)2)28-33(31,32)20-8-9-22(25)21(13-20)24(30)27-18-7-10-23(16(3)12-18)26-17(4)29/h5-13,28H,1-4H3,(H,26,29)(H,27,30). The van der Waals surface area contributed by atoms with Gasteiger partial charge in [0.05, 0.1) is 15.5 Å². The summed E-state index contributed by atoms with van der Waals surface area (Å²) in [4.78, 5) is 24.0. The summed E-state index contributed by atoms with van der Waals surface area (Å²) in [5.74, 6) is -0.760. The molecule has 0 aliphatic rings. The maximum Gasteiger partial charge on any atom is 0.261 e. The van der Waals surface area contributed by atoms with E-state index in [4.69, 9.17) is 11.6 Å². The number of nitrogens with one attached hydrogen (secondary N) is 3. The van der Waals surface area contributed by atoms with Crippen molar-refractivity contribution in [1.29, 1.82) is 0 Å². The van der Waals surface area contributed by atoms with Gasteiger partial charge in [-0.15, -0.1) is 0 Å². The topological polar surface area (TPSA) is 104 Å². The third-order valence-corrected chi connectivity index (χ3v) is 6.76. The number of amides is 2. The molecule has 0 bridgehead atoms. The first-order valence-corrected chi connectivity index (χ1v) is 11.9. The van der Waals surface area contributed by atoms with Crippen molar-refractivity contribution in [3.05, 3.63) is 81.9 Å². The van der Waals surface area contributed by atoms with Crippen molar-refractivity contribution in [3.63, 3.8) is 0 Å². The predicted octanol–water partition coefficient (Wildman–Crippen LogP) is 5.28. The van der Waals surface area contributed by atoms with Gasteiger partial charge in [0.1, 0.15) is 0 Å². The second-order valence-electron chi connectivity index (χ2n) is 7.71. The molecule has 2 amide bonds. The fourth-order valence-electron chi connectivity index (χ4n) is 3.13. The molecule has 0 heterocycles. The highest BCUT2D eigenvalue weighted by atomic mass is 35.5. The molecular formula is C24H24ClN3O4S. The highest BCUT2D eigenvalue weighted by Crippen LogP contribution is 2.25. The van der Waals surface area contributed by atoms with Gasteiger partial charge in [-0.25, -0.2) is 8.42 Å². The van der Waals surface area contributed by atoms with Crippen LogP contribution < -0.4 is 15.4 Å². The maximum atomic E-state index is 12.9. The third kappa shape index (κ3) is 5.91. The van der Waals surface area contributed by atoms with E-state index in [0.717, 1.165) is 16.7 Å². The summed E-state index contributed by atoms with van der Waals surface area (Å²) in [6.07, 6.45) is 0. The Morgan fingerprint density at radius 2 is 1.45 bits per heavy atom. The molecule has 0 saturated carbocycles. The summed E-state index contributed by atoms with van der Waals surface area (Å²) in [6, 6.07) is 14.2. The lowest BCUT2D eigenvalue weighted by Crippen LogP contribution is -2.16. The lowest BCUT2D eigenvalue weighted by molar-refractivity contribution is -0.114. The summed E-state index contributed by atoms with van der Waals surface area (Å²) < 4.78 is 28.3. The van der Waals surface area contributed by atoms with Crippen molar-refractivity contribution >= 4 is 50.5 Å². The minimum Gasteiger partial charge on any atom is -0.326 e. The summed E-state index contributed by atoms with van der Waals surface area (Å²) >= 11 is 6.20. The number of carbonyl (C=O) groups excluding carboxylic acids is 2. The van der Waals surface area contributed by atoms with E-state index in [1.165, 1.54) is 25.1 Å². The Morgan fingerprint density at radius 1 is 0.788 bits per heavy atom. The minimum atomic E-state index is -3.94. The molecule has 3 aromatic rings. The monoisotopic (exact) mass is 485 g/mol. The van der Waals surface area contributed by atoms with Gasteiger partial charge < -0.3 is 10.6 Å². The zero-order valence-electron chi connectivity index (χ0n) is 18.6. The second kappa shape index (κ2) is 9.64. The molecule has 7 nitrogen and oxygen atoms in total. The summed E-state index contributed by atoms with van der Waals surface area (Å²) in [5.41, 5.74) is 4.29. The van der Waals surface area contributed by atoms with Crippen LogP contribution in [0.1, 0.15) is 34.0 Å². The molecule has 0 aliphatic heterocycles. The van der Waals surface area contributed by atoms with Crippen LogP contribution in [-0.4, -0.2) is 20.2 Å². The van der Waals surface area contributed by atoms with Crippen LogP contribution in [0.5, 0.6) is 0 Å². The zero-order chi connectivity index (χ0) is 24.3. The van der Waals surface area contributed by atoms with E-state index >= 15 is 0 Å². The lowest BCUT2D eigenvalue weighted by Gasteiger charge is -2.13. The van der Waals surface area contributed by atoms with Crippen LogP contribution in [0.3, 0.4) is 0 Å². The molecule has 3 rings (SSSR count). The van der Waals surface area contributed by atoms with Crippen molar-refractivity contribution in [2.75, 3.05) is 15.4 Å². The first kappa shape index (κ1) is 24.3. The number of benzene rings is 3. The predicted molar refractivity (Wildman–Crippen MR) is 132 cm³/mol.